The largest absolute Gasteiger partial charge is 0.324 e. The number of hydrogen-bond acceptors (Lipinski definition) is 1. The van der Waals surface area contributed by atoms with E-state index in [2.05, 4.69) is 32.0 Å². The van der Waals surface area contributed by atoms with Crippen LogP contribution in [0.4, 0.5) is 0 Å². The Bertz CT molecular complexity index is 331. The Balaban J connectivity index is 0.00000112. The third-order valence-electron chi connectivity index (χ3n) is 3.45. The van der Waals surface area contributed by atoms with Crippen LogP contribution < -0.4 is 5.73 Å². The van der Waals surface area contributed by atoms with Crippen molar-refractivity contribution < 1.29 is 0 Å². The van der Waals surface area contributed by atoms with Crippen molar-refractivity contribution in [3.05, 3.63) is 34.9 Å². The van der Waals surface area contributed by atoms with Crippen LogP contribution >= 0.6 is 12.4 Å². The molecule has 1 nitrogen and oxygen atoms in total. The fraction of sp³-hybridized carbons (Fsp3) is 0.538. The van der Waals surface area contributed by atoms with Crippen LogP contribution in [0.5, 0.6) is 0 Å². The van der Waals surface area contributed by atoms with Crippen molar-refractivity contribution in [3.63, 3.8) is 0 Å². The van der Waals surface area contributed by atoms with Crippen LogP contribution in [0.15, 0.2) is 18.2 Å². The SMILES string of the molecule is Cc1ccc(C)c([C@H](N)C2CCC2)c1.Cl. The van der Waals surface area contributed by atoms with Crippen LogP contribution in [-0.2, 0) is 0 Å². The van der Waals surface area contributed by atoms with Crippen LogP contribution in [0.3, 0.4) is 0 Å². The normalized spacial score (nSPS) is 17.8. The maximum Gasteiger partial charge on any atom is 0.0326 e. The van der Waals surface area contributed by atoms with Crippen molar-refractivity contribution in [2.45, 2.75) is 39.2 Å². The zero-order valence-electron chi connectivity index (χ0n) is 9.49. The van der Waals surface area contributed by atoms with E-state index < -0.39 is 0 Å². The van der Waals surface area contributed by atoms with E-state index in [0.717, 1.165) is 5.92 Å². The summed E-state index contributed by atoms with van der Waals surface area (Å²) in [7, 11) is 0. The molecule has 0 amide bonds. The Hall–Kier alpha value is -0.530. The predicted molar refractivity (Wildman–Crippen MR) is 67.4 cm³/mol. The van der Waals surface area contributed by atoms with Gasteiger partial charge in [-0.15, -0.1) is 12.4 Å². The lowest BCUT2D eigenvalue weighted by Crippen LogP contribution is -2.27. The molecule has 0 radical (unpaired) electrons. The van der Waals surface area contributed by atoms with Crippen molar-refractivity contribution in [1.29, 1.82) is 0 Å². The zero-order chi connectivity index (χ0) is 10.1. The van der Waals surface area contributed by atoms with Crippen molar-refractivity contribution in [2.24, 2.45) is 11.7 Å². The average molecular weight is 226 g/mol. The van der Waals surface area contributed by atoms with E-state index in [9.17, 15) is 0 Å². The van der Waals surface area contributed by atoms with Crippen LogP contribution in [0, 0.1) is 19.8 Å². The lowest BCUT2D eigenvalue weighted by Gasteiger charge is -2.32. The zero-order valence-corrected chi connectivity index (χ0v) is 10.3. The van der Waals surface area contributed by atoms with Crippen LogP contribution in [0.2, 0.25) is 0 Å². The molecular weight excluding hydrogens is 206 g/mol. The Morgan fingerprint density at radius 3 is 2.47 bits per heavy atom. The smallest absolute Gasteiger partial charge is 0.0326 e. The average Bonchev–Trinajstić information content (AvgIpc) is 2.06. The van der Waals surface area contributed by atoms with Crippen molar-refractivity contribution in [1.82, 2.24) is 0 Å². The molecule has 0 heterocycles. The van der Waals surface area contributed by atoms with Gasteiger partial charge in [0.25, 0.3) is 0 Å². The fourth-order valence-corrected chi connectivity index (χ4v) is 2.17. The molecule has 0 aliphatic heterocycles. The third-order valence-corrected chi connectivity index (χ3v) is 3.45. The number of halogens is 1. The molecular formula is C13H20ClN. The molecule has 0 bridgehead atoms. The van der Waals surface area contributed by atoms with Gasteiger partial charge in [-0.2, -0.15) is 0 Å². The van der Waals surface area contributed by atoms with E-state index in [1.165, 1.54) is 36.0 Å². The number of aryl methyl sites for hydroxylation is 2. The maximum atomic E-state index is 6.27. The maximum absolute atomic E-state index is 6.27. The second-order valence-electron chi connectivity index (χ2n) is 4.58. The van der Waals surface area contributed by atoms with E-state index >= 15 is 0 Å². The minimum absolute atomic E-state index is 0. The van der Waals surface area contributed by atoms with Crippen molar-refractivity contribution in [2.75, 3.05) is 0 Å². The van der Waals surface area contributed by atoms with E-state index in [1.807, 2.05) is 0 Å². The standard InChI is InChI=1S/C13H19N.ClH/c1-9-6-7-10(2)12(8-9)13(14)11-4-3-5-11;/h6-8,11,13H,3-5,14H2,1-2H3;1H/t13-;/m1./s1. The van der Waals surface area contributed by atoms with Crippen molar-refractivity contribution in [3.8, 4) is 0 Å². The van der Waals surface area contributed by atoms with E-state index in [1.54, 1.807) is 0 Å². The molecule has 0 spiro atoms. The first-order valence-electron chi connectivity index (χ1n) is 5.51. The van der Waals surface area contributed by atoms with Gasteiger partial charge in [0, 0.05) is 6.04 Å². The Labute approximate surface area is 98.5 Å². The molecule has 2 heteroatoms. The summed E-state index contributed by atoms with van der Waals surface area (Å²) in [5.74, 6) is 0.732. The highest BCUT2D eigenvalue weighted by molar-refractivity contribution is 5.85. The second-order valence-corrected chi connectivity index (χ2v) is 4.58. The Morgan fingerprint density at radius 1 is 1.27 bits per heavy atom. The topological polar surface area (TPSA) is 26.0 Å². The van der Waals surface area contributed by atoms with E-state index in [0.29, 0.717) is 0 Å². The Morgan fingerprint density at radius 2 is 1.93 bits per heavy atom. The summed E-state index contributed by atoms with van der Waals surface area (Å²) < 4.78 is 0. The quantitative estimate of drug-likeness (QED) is 0.819. The molecule has 2 N–H and O–H groups in total. The summed E-state index contributed by atoms with van der Waals surface area (Å²) in [4.78, 5) is 0. The lowest BCUT2D eigenvalue weighted by molar-refractivity contribution is 0.264. The van der Waals surface area contributed by atoms with Gasteiger partial charge in [0.15, 0.2) is 0 Å². The van der Waals surface area contributed by atoms with Gasteiger partial charge in [0.1, 0.15) is 0 Å². The molecule has 0 unspecified atom stereocenters. The molecule has 0 saturated heterocycles. The summed E-state index contributed by atoms with van der Waals surface area (Å²) in [5, 5.41) is 0. The molecule has 1 fully saturated rings. The number of rotatable bonds is 2. The summed E-state index contributed by atoms with van der Waals surface area (Å²) >= 11 is 0. The highest BCUT2D eigenvalue weighted by atomic mass is 35.5. The van der Waals surface area contributed by atoms with Gasteiger partial charge in [-0.25, -0.2) is 0 Å². The molecule has 1 aliphatic carbocycles. The number of nitrogens with two attached hydrogens (primary N) is 1. The van der Waals surface area contributed by atoms with Crippen LogP contribution in [0.25, 0.3) is 0 Å². The summed E-state index contributed by atoms with van der Waals surface area (Å²) in [6.45, 7) is 4.30. The Kier molecular flexibility index (Phi) is 4.18. The van der Waals surface area contributed by atoms with Gasteiger partial charge in [-0.1, -0.05) is 30.2 Å². The van der Waals surface area contributed by atoms with Gasteiger partial charge in [-0.05, 0) is 43.7 Å². The second kappa shape index (κ2) is 5.00. The summed E-state index contributed by atoms with van der Waals surface area (Å²) in [6.07, 6.45) is 3.99. The highest BCUT2D eigenvalue weighted by Crippen LogP contribution is 2.37. The molecule has 15 heavy (non-hydrogen) atoms. The van der Waals surface area contributed by atoms with Crippen LogP contribution in [0.1, 0.15) is 42.0 Å². The summed E-state index contributed by atoms with van der Waals surface area (Å²) in [6, 6.07) is 6.86. The van der Waals surface area contributed by atoms with Gasteiger partial charge in [0.05, 0.1) is 0 Å². The van der Waals surface area contributed by atoms with Crippen molar-refractivity contribution >= 4 is 12.4 Å². The van der Waals surface area contributed by atoms with Crippen LogP contribution in [-0.4, -0.2) is 0 Å². The van der Waals surface area contributed by atoms with E-state index in [-0.39, 0.29) is 18.4 Å². The summed E-state index contributed by atoms with van der Waals surface area (Å²) in [5.41, 5.74) is 10.3. The molecule has 84 valence electrons. The van der Waals surface area contributed by atoms with E-state index in [4.69, 9.17) is 5.73 Å². The molecule has 1 aromatic rings. The minimum Gasteiger partial charge on any atom is -0.324 e. The lowest BCUT2D eigenvalue weighted by atomic mass is 9.76. The third kappa shape index (κ3) is 2.53. The first-order valence-corrected chi connectivity index (χ1v) is 5.51. The first-order chi connectivity index (χ1) is 6.68. The highest BCUT2D eigenvalue weighted by Gasteiger charge is 2.26. The van der Waals surface area contributed by atoms with Gasteiger partial charge in [-0.3, -0.25) is 0 Å². The molecule has 1 atom stereocenters. The monoisotopic (exact) mass is 225 g/mol. The fourth-order valence-electron chi connectivity index (χ4n) is 2.17. The molecule has 2 rings (SSSR count). The van der Waals surface area contributed by atoms with Gasteiger partial charge >= 0.3 is 0 Å². The van der Waals surface area contributed by atoms with Gasteiger partial charge in [0.2, 0.25) is 0 Å². The number of hydrogen-bond donors (Lipinski definition) is 1. The predicted octanol–water partition coefficient (Wildman–Crippen LogP) is 3.53. The first kappa shape index (κ1) is 12.5. The number of benzene rings is 1. The molecule has 1 saturated carbocycles. The molecule has 1 aliphatic rings. The molecule has 1 aromatic carbocycles. The minimum atomic E-state index is 0. The molecule has 0 aromatic heterocycles. The van der Waals surface area contributed by atoms with Gasteiger partial charge < -0.3 is 5.73 Å².